The first kappa shape index (κ1) is 12.4. The smallest absolute Gasteiger partial charge is 0.410 e. The lowest BCUT2D eigenvalue weighted by molar-refractivity contribution is -0.122. The van der Waals surface area contributed by atoms with Gasteiger partial charge in [-0.3, -0.25) is 4.79 Å². The van der Waals surface area contributed by atoms with E-state index in [0.29, 0.717) is 37.0 Å². The van der Waals surface area contributed by atoms with Gasteiger partial charge in [0.2, 0.25) is 0 Å². The van der Waals surface area contributed by atoms with Crippen molar-refractivity contribution in [2.24, 2.45) is 11.8 Å². The van der Waals surface area contributed by atoms with Crippen LogP contribution in [0.25, 0.3) is 0 Å². The highest BCUT2D eigenvalue weighted by atomic mass is 16.6. The maximum absolute atomic E-state index is 11.9. The second-order valence-electron chi connectivity index (χ2n) is 6.19. The number of likely N-dealkylation sites (tertiary alicyclic amines) is 1. The van der Waals surface area contributed by atoms with Crippen LogP contribution < -0.4 is 0 Å². The van der Waals surface area contributed by atoms with Crippen LogP contribution in [-0.4, -0.2) is 35.5 Å². The van der Waals surface area contributed by atoms with Crippen LogP contribution in [0, 0.1) is 11.8 Å². The summed E-state index contributed by atoms with van der Waals surface area (Å²) >= 11 is 0. The lowest BCUT2D eigenvalue weighted by Crippen LogP contribution is -2.35. The van der Waals surface area contributed by atoms with Crippen molar-refractivity contribution in [1.82, 2.24) is 4.90 Å². The Labute approximate surface area is 102 Å². The molecule has 1 amide bonds. The Hall–Kier alpha value is -1.06. The fraction of sp³-hybridized carbons (Fsp3) is 0.846. The number of fused-ring (bicyclic) bond motifs is 1. The quantitative estimate of drug-likeness (QED) is 0.651. The molecule has 2 aliphatic rings. The summed E-state index contributed by atoms with van der Waals surface area (Å²) in [6, 6.07) is 0. The van der Waals surface area contributed by atoms with E-state index in [-0.39, 0.29) is 6.09 Å². The van der Waals surface area contributed by atoms with Gasteiger partial charge >= 0.3 is 6.09 Å². The van der Waals surface area contributed by atoms with E-state index in [0.717, 1.165) is 13.0 Å². The van der Waals surface area contributed by atoms with Gasteiger partial charge in [-0.25, -0.2) is 4.79 Å². The molecular formula is C13H21NO3. The van der Waals surface area contributed by atoms with Gasteiger partial charge in [0.1, 0.15) is 11.4 Å². The SMILES string of the molecule is CC(C)(C)OC(=O)N1C[C@H]2CC(=O)CC[C@H]2C1. The van der Waals surface area contributed by atoms with Crippen LogP contribution in [0.2, 0.25) is 0 Å². The van der Waals surface area contributed by atoms with E-state index < -0.39 is 5.60 Å². The minimum absolute atomic E-state index is 0.237. The molecule has 96 valence electrons. The highest BCUT2D eigenvalue weighted by Crippen LogP contribution is 2.35. The van der Waals surface area contributed by atoms with E-state index in [1.54, 1.807) is 4.90 Å². The highest BCUT2D eigenvalue weighted by molar-refractivity contribution is 5.80. The number of hydrogen-bond acceptors (Lipinski definition) is 3. The van der Waals surface area contributed by atoms with Crippen molar-refractivity contribution in [2.45, 2.75) is 45.6 Å². The zero-order chi connectivity index (χ0) is 12.6. The molecule has 0 N–H and O–H groups in total. The van der Waals surface area contributed by atoms with Crippen molar-refractivity contribution in [3.63, 3.8) is 0 Å². The molecule has 0 unspecified atom stereocenters. The van der Waals surface area contributed by atoms with Gasteiger partial charge in [0.25, 0.3) is 0 Å². The third kappa shape index (κ3) is 2.99. The summed E-state index contributed by atoms with van der Waals surface area (Å²) in [7, 11) is 0. The molecule has 2 fully saturated rings. The molecule has 1 aliphatic carbocycles. The Morgan fingerprint density at radius 1 is 1.29 bits per heavy atom. The second-order valence-corrected chi connectivity index (χ2v) is 6.19. The standard InChI is InChI=1S/C13H21NO3/c1-13(2,3)17-12(16)14-7-9-4-5-11(15)6-10(9)8-14/h9-10H,4-8H2,1-3H3/t9-,10+/m0/s1. The number of ether oxygens (including phenoxy) is 1. The predicted octanol–water partition coefficient (Wildman–Crippen LogP) is 2.22. The number of carbonyl (C=O) groups excluding carboxylic acids is 2. The molecule has 0 spiro atoms. The number of ketones is 1. The molecule has 0 aromatic rings. The maximum atomic E-state index is 11.9. The zero-order valence-electron chi connectivity index (χ0n) is 10.9. The maximum Gasteiger partial charge on any atom is 0.410 e. The third-order valence-corrected chi connectivity index (χ3v) is 3.51. The van der Waals surface area contributed by atoms with Crippen LogP contribution in [0.5, 0.6) is 0 Å². The first-order chi connectivity index (χ1) is 7.85. The number of Topliss-reactive ketones (excluding diaryl/α,β-unsaturated/α-hetero) is 1. The van der Waals surface area contributed by atoms with Crippen LogP contribution in [0.4, 0.5) is 4.79 Å². The van der Waals surface area contributed by atoms with E-state index in [4.69, 9.17) is 4.74 Å². The molecule has 4 heteroatoms. The molecule has 1 aliphatic heterocycles. The fourth-order valence-electron chi connectivity index (χ4n) is 2.71. The number of rotatable bonds is 0. The summed E-state index contributed by atoms with van der Waals surface area (Å²) < 4.78 is 5.36. The van der Waals surface area contributed by atoms with Crippen molar-refractivity contribution >= 4 is 11.9 Å². The van der Waals surface area contributed by atoms with Crippen molar-refractivity contribution < 1.29 is 14.3 Å². The van der Waals surface area contributed by atoms with Crippen molar-refractivity contribution in [3.8, 4) is 0 Å². The van der Waals surface area contributed by atoms with E-state index in [1.165, 1.54) is 0 Å². The van der Waals surface area contributed by atoms with Gasteiger partial charge in [-0.2, -0.15) is 0 Å². The number of carbonyl (C=O) groups is 2. The molecule has 0 aromatic carbocycles. The normalized spacial score (nSPS) is 29.1. The summed E-state index contributed by atoms with van der Waals surface area (Å²) in [5.74, 6) is 1.21. The molecule has 0 aromatic heterocycles. The number of hydrogen-bond donors (Lipinski definition) is 0. The molecule has 4 nitrogen and oxygen atoms in total. The van der Waals surface area contributed by atoms with Gasteiger partial charge in [-0.15, -0.1) is 0 Å². The van der Waals surface area contributed by atoms with Gasteiger partial charge in [-0.05, 0) is 39.0 Å². The second kappa shape index (κ2) is 4.31. The summed E-state index contributed by atoms with van der Waals surface area (Å²) in [6.07, 6.45) is 2.02. The topological polar surface area (TPSA) is 46.6 Å². The van der Waals surface area contributed by atoms with Gasteiger partial charge in [0, 0.05) is 25.9 Å². The molecule has 0 radical (unpaired) electrons. The average molecular weight is 239 g/mol. The summed E-state index contributed by atoms with van der Waals surface area (Å²) in [5, 5.41) is 0. The fourth-order valence-corrected chi connectivity index (χ4v) is 2.71. The monoisotopic (exact) mass is 239 g/mol. The van der Waals surface area contributed by atoms with Gasteiger partial charge in [0.15, 0.2) is 0 Å². The van der Waals surface area contributed by atoms with Gasteiger partial charge in [0.05, 0.1) is 0 Å². The van der Waals surface area contributed by atoms with Crippen molar-refractivity contribution in [1.29, 1.82) is 0 Å². The largest absolute Gasteiger partial charge is 0.444 e. The molecule has 1 heterocycles. The Bertz CT molecular complexity index is 332. The van der Waals surface area contributed by atoms with Crippen LogP contribution in [-0.2, 0) is 9.53 Å². The lowest BCUT2D eigenvalue weighted by atomic mass is 9.81. The summed E-state index contributed by atoms with van der Waals surface area (Å²) in [6.45, 7) is 7.06. The molecule has 2 atom stereocenters. The van der Waals surface area contributed by atoms with Crippen LogP contribution in [0.3, 0.4) is 0 Å². The Morgan fingerprint density at radius 3 is 2.59 bits per heavy atom. The van der Waals surface area contributed by atoms with E-state index in [2.05, 4.69) is 0 Å². The highest BCUT2D eigenvalue weighted by Gasteiger charge is 2.40. The van der Waals surface area contributed by atoms with E-state index >= 15 is 0 Å². The Kier molecular flexibility index (Phi) is 3.15. The first-order valence-corrected chi connectivity index (χ1v) is 6.35. The zero-order valence-corrected chi connectivity index (χ0v) is 10.9. The van der Waals surface area contributed by atoms with Crippen LogP contribution >= 0.6 is 0 Å². The van der Waals surface area contributed by atoms with E-state index in [9.17, 15) is 9.59 Å². The van der Waals surface area contributed by atoms with Crippen molar-refractivity contribution in [3.05, 3.63) is 0 Å². The Balaban J connectivity index is 1.93. The van der Waals surface area contributed by atoms with Crippen LogP contribution in [0.1, 0.15) is 40.0 Å². The molecule has 2 rings (SSSR count). The van der Waals surface area contributed by atoms with Crippen LogP contribution in [0.15, 0.2) is 0 Å². The molecule has 17 heavy (non-hydrogen) atoms. The van der Waals surface area contributed by atoms with Crippen molar-refractivity contribution in [2.75, 3.05) is 13.1 Å². The van der Waals surface area contributed by atoms with E-state index in [1.807, 2.05) is 20.8 Å². The number of amides is 1. The minimum atomic E-state index is -0.444. The summed E-state index contributed by atoms with van der Waals surface area (Å²) in [4.78, 5) is 25.0. The third-order valence-electron chi connectivity index (χ3n) is 3.51. The summed E-state index contributed by atoms with van der Waals surface area (Å²) in [5.41, 5.74) is -0.444. The Morgan fingerprint density at radius 2 is 1.94 bits per heavy atom. The minimum Gasteiger partial charge on any atom is -0.444 e. The van der Waals surface area contributed by atoms with Gasteiger partial charge in [-0.1, -0.05) is 0 Å². The lowest BCUT2D eigenvalue weighted by Gasteiger charge is -2.24. The molecule has 1 saturated carbocycles. The van der Waals surface area contributed by atoms with Gasteiger partial charge < -0.3 is 9.64 Å². The average Bonchev–Trinajstić information content (AvgIpc) is 2.57. The first-order valence-electron chi connectivity index (χ1n) is 6.35. The molecular weight excluding hydrogens is 218 g/mol. The predicted molar refractivity (Wildman–Crippen MR) is 63.6 cm³/mol. The number of nitrogens with zero attached hydrogens (tertiary/aromatic N) is 1. The molecule has 0 bridgehead atoms. The molecule has 1 saturated heterocycles.